The van der Waals surface area contributed by atoms with Crippen LogP contribution in [0.15, 0.2) is 249 Å². The van der Waals surface area contributed by atoms with E-state index >= 15 is 0 Å². The summed E-state index contributed by atoms with van der Waals surface area (Å²) >= 11 is 0. The summed E-state index contributed by atoms with van der Waals surface area (Å²) in [5.74, 6) is 0. The first-order chi connectivity index (χ1) is 35.2. The third-order valence-electron chi connectivity index (χ3n) is 15.6. The van der Waals surface area contributed by atoms with Crippen LogP contribution in [0, 0.1) is 0 Å². The van der Waals surface area contributed by atoms with E-state index in [4.69, 9.17) is 0 Å². The van der Waals surface area contributed by atoms with Crippen LogP contribution in [0.2, 0.25) is 0 Å². The first-order valence-electron chi connectivity index (χ1n) is 25.0. The molecule has 2 aliphatic heterocycles. The number of hydrogen-bond acceptors (Lipinski definition) is 1. The molecule has 2 aliphatic rings. The fourth-order valence-corrected chi connectivity index (χ4v) is 12.6. The number of fused-ring (bicyclic) bond motifs is 11. The van der Waals surface area contributed by atoms with Gasteiger partial charge in [0.05, 0.1) is 0 Å². The normalized spacial score (nSPS) is 12.6. The summed E-state index contributed by atoms with van der Waals surface area (Å²) in [5.41, 5.74) is 21.5. The number of aromatic nitrogens is 1. The lowest BCUT2D eigenvalue weighted by molar-refractivity contribution is 1.21. The van der Waals surface area contributed by atoms with Gasteiger partial charge in [-0.25, -0.2) is 0 Å². The van der Waals surface area contributed by atoms with Crippen LogP contribution in [-0.4, -0.2) is 11.3 Å². The summed E-state index contributed by atoms with van der Waals surface area (Å²) in [5, 5.41) is 10.4. The minimum atomic E-state index is -0.114. The minimum Gasteiger partial charge on any atom is -0.375 e. The molecule has 0 unspecified atom stereocenters. The molecule has 0 atom stereocenters. The molecule has 0 fully saturated rings. The fourth-order valence-electron chi connectivity index (χ4n) is 12.6. The van der Waals surface area contributed by atoms with Gasteiger partial charge < -0.3 is 9.38 Å². The Hall–Kier alpha value is -8.92. The lowest BCUT2D eigenvalue weighted by atomic mass is 9.44. The second-order valence-corrected chi connectivity index (χ2v) is 19.5. The molecule has 330 valence electrons. The molecular weight excluding hydrogens is 856 g/mol. The van der Waals surface area contributed by atoms with E-state index < -0.39 is 0 Å². The molecule has 0 saturated carbocycles. The summed E-state index contributed by atoms with van der Waals surface area (Å²) in [6.07, 6.45) is 1.64. The van der Waals surface area contributed by atoms with E-state index in [0.717, 1.165) is 18.5 Å². The Labute approximate surface area is 413 Å². The second kappa shape index (κ2) is 15.8. The molecule has 71 heavy (non-hydrogen) atoms. The zero-order valence-electron chi connectivity index (χ0n) is 39.1. The Morgan fingerprint density at radius 2 is 0.873 bits per heavy atom. The molecule has 2 nitrogen and oxygen atoms in total. The van der Waals surface area contributed by atoms with Crippen molar-refractivity contribution in [1.29, 1.82) is 0 Å². The van der Waals surface area contributed by atoms with E-state index in [1.165, 1.54) is 132 Å². The van der Waals surface area contributed by atoms with Crippen molar-refractivity contribution in [1.82, 2.24) is 4.48 Å². The van der Waals surface area contributed by atoms with E-state index in [-0.39, 0.29) is 6.85 Å². The second-order valence-electron chi connectivity index (χ2n) is 19.5. The fraction of sp³-hybridized carbons (Fsp3) is 0.0294. The SMILES string of the molecule is c1ccc(Cc2c3ccccc3c(Cc3ccccc3)c3cc4c(cc23)B2c3c(cc5ccccc5c3-c3cccc5c6ccccc6n2c35)N4c2cc(-c3ccccc3)cc(-c3ccccc3)c2)cc1. The third-order valence-corrected chi connectivity index (χ3v) is 15.6. The molecule has 0 saturated heterocycles. The van der Waals surface area contributed by atoms with E-state index in [2.05, 4.69) is 258 Å². The number of para-hydroxylation sites is 2. The van der Waals surface area contributed by atoms with E-state index in [1.807, 2.05) is 0 Å². The standard InChI is InChI=1S/C68H45BN2/c1-5-20-44(21-6-1)36-58-53-30-15-16-31-54(53)59(37-45-22-7-2-8-23-45)61-43-64-62(42-60(58)61)69-67-65(70(64)51-39-49(46-24-9-3-10-25-46)38-50(40-51)47-26-11-4-12-27-47)41-48-28-13-14-29-52(48)66(67)57-34-19-33-56-55-32-17-18-35-63(55)71(69)68(56)57/h1-35,38-43H,36-37H2. The molecule has 0 spiro atoms. The van der Waals surface area contributed by atoms with Crippen molar-refractivity contribution < 1.29 is 0 Å². The summed E-state index contributed by atoms with van der Waals surface area (Å²) in [6, 6.07) is 93.3. The molecule has 1 aromatic heterocycles. The maximum Gasteiger partial charge on any atom is 0.333 e. The van der Waals surface area contributed by atoms with Crippen molar-refractivity contribution in [2.75, 3.05) is 4.90 Å². The molecule has 12 aromatic carbocycles. The highest BCUT2D eigenvalue weighted by atomic mass is 15.2. The number of nitrogens with zero attached hydrogens (tertiary/aromatic N) is 2. The summed E-state index contributed by atoms with van der Waals surface area (Å²) in [4.78, 5) is 2.64. The van der Waals surface area contributed by atoms with Crippen LogP contribution in [-0.2, 0) is 12.8 Å². The van der Waals surface area contributed by atoms with Crippen LogP contribution in [0.1, 0.15) is 22.3 Å². The summed E-state index contributed by atoms with van der Waals surface area (Å²) in [7, 11) is 0. The maximum atomic E-state index is 2.71. The number of anilines is 3. The number of rotatable bonds is 7. The van der Waals surface area contributed by atoms with Crippen LogP contribution in [0.25, 0.3) is 87.5 Å². The smallest absolute Gasteiger partial charge is 0.333 e. The topological polar surface area (TPSA) is 8.17 Å². The first-order valence-corrected chi connectivity index (χ1v) is 25.0. The van der Waals surface area contributed by atoms with Crippen LogP contribution in [0.3, 0.4) is 0 Å². The van der Waals surface area contributed by atoms with Crippen molar-refractivity contribution in [3.63, 3.8) is 0 Å². The van der Waals surface area contributed by atoms with E-state index in [0.29, 0.717) is 0 Å². The molecular formula is C68H45BN2. The van der Waals surface area contributed by atoms with Crippen LogP contribution in [0.4, 0.5) is 17.1 Å². The Bertz CT molecular complexity index is 4220. The van der Waals surface area contributed by atoms with Crippen molar-refractivity contribution in [3.8, 4) is 33.4 Å². The van der Waals surface area contributed by atoms with Crippen LogP contribution < -0.4 is 15.8 Å². The Morgan fingerprint density at radius 3 is 1.51 bits per heavy atom. The molecule has 0 aliphatic carbocycles. The van der Waals surface area contributed by atoms with Gasteiger partial charge in [0, 0.05) is 44.4 Å². The van der Waals surface area contributed by atoms with Gasteiger partial charge >= 0.3 is 6.85 Å². The molecule has 0 amide bonds. The first kappa shape index (κ1) is 40.0. The molecule has 0 radical (unpaired) electrons. The number of hydrogen-bond donors (Lipinski definition) is 0. The van der Waals surface area contributed by atoms with Crippen LogP contribution in [0.5, 0.6) is 0 Å². The van der Waals surface area contributed by atoms with Gasteiger partial charge in [0.2, 0.25) is 0 Å². The van der Waals surface area contributed by atoms with Gasteiger partial charge in [0.15, 0.2) is 0 Å². The quantitative estimate of drug-likeness (QED) is 0.114. The average molecular weight is 901 g/mol. The average Bonchev–Trinajstić information content (AvgIpc) is 3.78. The highest BCUT2D eigenvalue weighted by Gasteiger charge is 2.44. The van der Waals surface area contributed by atoms with Gasteiger partial charge in [-0.15, -0.1) is 0 Å². The largest absolute Gasteiger partial charge is 0.375 e. The molecule has 3 heteroatoms. The highest BCUT2D eigenvalue weighted by molar-refractivity contribution is 6.90. The van der Waals surface area contributed by atoms with Gasteiger partial charge in [0.25, 0.3) is 0 Å². The lowest BCUT2D eigenvalue weighted by Gasteiger charge is -2.41. The van der Waals surface area contributed by atoms with E-state index in [1.54, 1.807) is 0 Å². The summed E-state index contributed by atoms with van der Waals surface area (Å²) < 4.78 is 2.71. The zero-order valence-corrected chi connectivity index (χ0v) is 39.1. The van der Waals surface area contributed by atoms with Crippen LogP contribution >= 0.6 is 0 Å². The Morgan fingerprint density at radius 1 is 0.352 bits per heavy atom. The molecule has 13 aromatic rings. The van der Waals surface area contributed by atoms with Crippen molar-refractivity contribution in [2.45, 2.75) is 12.8 Å². The predicted octanol–water partition coefficient (Wildman–Crippen LogP) is 16.2. The highest BCUT2D eigenvalue weighted by Crippen LogP contribution is 2.50. The molecule has 15 rings (SSSR count). The van der Waals surface area contributed by atoms with Gasteiger partial charge in [-0.05, 0) is 143 Å². The third kappa shape index (κ3) is 6.16. The van der Waals surface area contributed by atoms with Gasteiger partial charge in [-0.3, -0.25) is 0 Å². The molecule has 0 N–H and O–H groups in total. The molecule has 0 bridgehead atoms. The lowest BCUT2D eigenvalue weighted by Crippen LogP contribution is -2.56. The van der Waals surface area contributed by atoms with Crippen molar-refractivity contribution in [3.05, 3.63) is 271 Å². The Kier molecular flexibility index (Phi) is 8.91. The van der Waals surface area contributed by atoms with E-state index in [9.17, 15) is 0 Å². The zero-order chi connectivity index (χ0) is 46.6. The van der Waals surface area contributed by atoms with Gasteiger partial charge in [-0.2, -0.15) is 0 Å². The number of benzene rings is 12. The molecule has 3 heterocycles. The van der Waals surface area contributed by atoms with Crippen molar-refractivity contribution >= 4 is 89.0 Å². The summed E-state index contributed by atoms with van der Waals surface area (Å²) in [6.45, 7) is -0.114. The Balaban J connectivity index is 1.13. The monoisotopic (exact) mass is 900 g/mol. The van der Waals surface area contributed by atoms with Gasteiger partial charge in [0.1, 0.15) is 0 Å². The maximum absolute atomic E-state index is 2.71. The van der Waals surface area contributed by atoms with Gasteiger partial charge in [-0.1, -0.05) is 212 Å². The predicted molar refractivity (Wildman–Crippen MR) is 302 cm³/mol. The minimum absolute atomic E-state index is 0.114. The van der Waals surface area contributed by atoms with Crippen molar-refractivity contribution in [2.24, 2.45) is 0 Å².